The van der Waals surface area contributed by atoms with E-state index in [-0.39, 0.29) is 18.1 Å². The van der Waals surface area contributed by atoms with E-state index in [0.29, 0.717) is 17.0 Å². The number of hydrogen-bond acceptors (Lipinski definition) is 5. The first-order valence-corrected chi connectivity index (χ1v) is 8.89. The highest BCUT2D eigenvalue weighted by Gasteiger charge is 2.33. The van der Waals surface area contributed by atoms with Crippen LogP contribution in [-0.4, -0.2) is 35.0 Å². The molecular formula is C19H16F3N7O. The second-order valence-electron chi connectivity index (χ2n) is 6.67. The molecule has 0 atom stereocenters. The zero-order valence-electron chi connectivity index (χ0n) is 16.0. The van der Waals surface area contributed by atoms with Gasteiger partial charge in [0, 0.05) is 25.1 Å². The van der Waals surface area contributed by atoms with Crippen LogP contribution < -0.4 is 5.32 Å². The van der Waals surface area contributed by atoms with Crippen molar-refractivity contribution in [2.45, 2.75) is 19.6 Å². The molecule has 0 saturated heterocycles. The molecule has 30 heavy (non-hydrogen) atoms. The number of aryl methyl sites for hydroxylation is 2. The first-order valence-electron chi connectivity index (χ1n) is 8.89. The minimum atomic E-state index is -4.58. The Morgan fingerprint density at radius 1 is 1.17 bits per heavy atom. The van der Waals surface area contributed by atoms with E-state index in [1.54, 1.807) is 22.7 Å². The van der Waals surface area contributed by atoms with Crippen molar-refractivity contribution in [3.63, 3.8) is 0 Å². The maximum Gasteiger partial charge on any atom is 0.433 e. The van der Waals surface area contributed by atoms with E-state index < -0.39 is 17.8 Å². The summed E-state index contributed by atoms with van der Waals surface area (Å²) in [5, 5.41) is 10.8. The molecule has 4 heterocycles. The molecule has 0 bridgehead atoms. The second-order valence-corrected chi connectivity index (χ2v) is 6.67. The van der Waals surface area contributed by atoms with Crippen molar-refractivity contribution in [3.8, 4) is 11.5 Å². The van der Waals surface area contributed by atoms with Gasteiger partial charge in [-0.1, -0.05) is 0 Å². The van der Waals surface area contributed by atoms with Gasteiger partial charge in [0.05, 0.1) is 17.8 Å². The normalized spacial score (nSPS) is 11.8. The molecule has 0 spiro atoms. The van der Waals surface area contributed by atoms with Gasteiger partial charge in [0.15, 0.2) is 11.5 Å². The van der Waals surface area contributed by atoms with Crippen molar-refractivity contribution in [2.75, 3.05) is 0 Å². The number of pyridine rings is 1. The van der Waals surface area contributed by atoms with Gasteiger partial charge in [0.1, 0.15) is 11.5 Å². The molecule has 0 aromatic carbocycles. The molecule has 0 aliphatic carbocycles. The lowest BCUT2D eigenvalue weighted by Crippen LogP contribution is -2.25. The molecule has 1 N–H and O–H groups in total. The van der Waals surface area contributed by atoms with Crippen LogP contribution in [-0.2, 0) is 19.8 Å². The van der Waals surface area contributed by atoms with E-state index in [9.17, 15) is 18.0 Å². The molecule has 0 aliphatic heterocycles. The first kappa shape index (κ1) is 19.6. The summed E-state index contributed by atoms with van der Waals surface area (Å²) in [6.45, 7) is 1.20. The molecule has 0 unspecified atom stereocenters. The van der Waals surface area contributed by atoms with Crippen LogP contribution in [0.15, 0.2) is 42.7 Å². The number of aromatic nitrogens is 6. The fourth-order valence-electron chi connectivity index (χ4n) is 3.01. The van der Waals surface area contributed by atoms with Gasteiger partial charge in [-0.2, -0.15) is 13.2 Å². The predicted molar refractivity (Wildman–Crippen MR) is 100 cm³/mol. The fourth-order valence-corrected chi connectivity index (χ4v) is 3.01. The molecule has 0 saturated carbocycles. The number of rotatable bonds is 4. The van der Waals surface area contributed by atoms with Crippen LogP contribution in [0.4, 0.5) is 13.2 Å². The van der Waals surface area contributed by atoms with Crippen molar-refractivity contribution < 1.29 is 18.0 Å². The molecule has 1 amide bonds. The van der Waals surface area contributed by atoms with Gasteiger partial charge in [-0.15, -0.1) is 10.2 Å². The van der Waals surface area contributed by atoms with Gasteiger partial charge < -0.3 is 9.88 Å². The molecule has 4 aromatic rings. The highest BCUT2D eigenvalue weighted by molar-refractivity contribution is 5.94. The number of amides is 1. The lowest BCUT2D eigenvalue weighted by Gasteiger charge is -2.10. The van der Waals surface area contributed by atoms with Gasteiger partial charge in [0.25, 0.3) is 5.91 Å². The van der Waals surface area contributed by atoms with Crippen molar-refractivity contribution in [3.05, 3.63) is 65.5 Å². The number of nitrogens with one attached hydrogen (secondary N) is 1. The van der Waals surface area contributed by atoms with E-state index in [4.69, 9.17) is 0 Å². The Kier molecular flexibility index (Phi) is 4.72. The largest absolute Gasteiger partial charge is 0.433 e. The van der Waals surface area contributed by atoms with Crippen molar-refractivity contribution in [1.29, 1.82) is 0 Å². The smallest absolute Gasteiger partial charge is 0.348 e. The third-order valence-corrected chi connectivity index (χ3v) is 4.44. The predicted octanol–water partition coefficient (Wildman–Crippen LogP) is 2.78. The van der Waals surface area contributed by atoms with E-state index in [1.165, 1.54) is 6.92 Å². The van der Waals surface area contributed by atoms with Crippen LogP contribution in [0.1, 0.15) is 27.6 Å². The summed E-state index contributed by atoms with van der Waals surface area (Å²) in [6.07, 6.45) is -1.14. The maximum absolute atomic E-state index is 12.9. The highest BCUT2D eigenvalue weighted by atomic mass is 19.4. The van der Waals surface area contributed by atoms with E-state index in [0.717, 1.165) is 11.8 Å². The first-order chi connectivity index (χ1) is 14.2. The van der Waals surface area contributed by atoms with E-state index >= 15 is 0 Å². The molecule has 154 valence electrons. The van der Waals surface area contributed by atoms with Crippen molar-refractivity contribution in [2.24, 2.45) is 7.05 Å². The van der Waals surface area contributed by atoms with E-state index in [2.05, 4.69) is 25.5 Å². The number of alkyl halides is 3. The summed E-state index contributed by atoms with van der Waals surface area (Å²) in [6, 6.07) is 7.79. The summed E-state index contributed by atoms with van der Waals surface area (Å²) in [5.74, 6) is -0.0448. The molecule has 8 nitrogen and oxygen atoms in total. The average molecular weight is 415 g/mol. The summed E-state index contributed by atoms with van der Waals surface area (Å²) >= 11 is 0. The van der Waals surface area contributed by atoms with Crippen molar-refractivity contribution >= 4 is 11.6 Å². The van der Waals surface area contributed by atoms with Gasteiger partial charge >= 0.3 is 6.18 Å². The Hall–Kier alpha value is -3.76. The molecule has 11 heteroatoms. The highest BCUT2D eigenvalue weighted by Crippen LogP contribution is 2.27. The summed E-state index contributed by atoms with van der Waals surface area (Å²) in [7, 11) is 1.87. The number of carbonyl (C=O) groups excluding carboxylic acids is 1. The second kappa shape index (κ2) is 7.25. The van der Waals surface area contributed by atoms with Crippen LogP contribution >= 0.6 is 0 Å². The number of halogens is 3. The average Bonchev–Trinajstić information content (AvgIpc) is 3.30. The Morgan fingerprint density at radius 3 is 2.67 bits per heavy atom. The molecule has 0 aliphatic rings. The van der Waals surface area contributed by atoms with Crippen LogP contribution in [0.3, 0.4) is 0 Å². The molecule has 0 radical (unpaired) electrons. The molecule has 0 fully saturated rings. The van der Waals surface area contributed by atoms with Gasteiger partial charge in [-0.3, -0.25) is 9.20 Å². The Bertz CT molecular complexity index is 1240. The minimum absolute atomic E-state index is 0.120. The molecule has 4 aromatic heterocycles. The Balaban J connectivity index is 1.57. The van der Waals surface area contributed by atoms with E-state index in [1.807, 2.05) is 29.9 Å². The third kappa shape index (κ3) is 3.73. The molecule has 4 rings (SSSR count). The summed E-state index contributed by atoms with van der Waals surface area (Å²) < 4.78 is 42.3. The zero-order chi connectivity index (χ0) is 21.5. The Morgan fingerprint density at radius 2 is 1.97 bits per heavy atom. The summed E-state index contributed by atoms with van der Waals surface area (Å²) in [4.78, 5) is 20.0. The third-order valence-electron chi connectivity index (χ3n) is 4.44. The van der Waals surface area contributed by atoms with Crippen LogP contribution in [0.5, 0.6) is 0 Å². The fraction of sp³-hybridized carbons (Fsp3) is 0.211. The van der Waals surface area contributed by atoms with Crippen LogP contribution in [0.2, 0.25) is 0 Å². The van der Waals surface area contributed by atoms with Gasteiger partial charge in [-0.05, 0) is 37.3 Å². The Labute approximate surface area is 168 Å². The number of fused-ring (bicyclic) bond motifs is 1. The van der Waals surface area contributed by atoms with Crippen molar-refractivity contribution in [1.82, 2.24) is 34.4 Å². The summed E-state index contributed by atoms with van der Waals surface area (Å²) in [5.41, 5.74) is 0.783. The van der Waals surface area contributed by atoms with Crippen LogP contribution in [0.25, 0.3) is 17.2 Å². The number of hydrogen-bond donors (Lipinski definition) is 1. The number of carbonyl (C=O) groups is 1. The quantitative estimate of drug-likeness (QED) is 0.554. The molecular weight excluding hydrogens is 399 g/mol. The zero-order valence-corrected chi connectivity index (χ0v) is 16.0. The SMILES string of the molecule is Cc1cc(C(F)(F)F)nc(CNC(=O)c2ccc3nnc(-c4cccn4C)n3c2)n1. The van der Waals surface area contributed by atoms with Crippen LogP contribution in [0, 0.1) is 6.92 Å². The lowest BCUT2D eigenvalue weighted by molar-refractivity contribution is -0.141. The standard InChI is InChI=1S/C19H16F3N7O/c1-11-8-14(19(20,21)22)25-15(24-11)9-23-18(30)12-5-6-16-26-27-17(29(16)10-12)13-4-3-7-28(13)2/h3-8,10H,9H2,1-2H3,(H,23,30). The monoisotopic (exact) mass is 415 g/mol. The maximum atomic E-state index is 12.9. The number of nitrogens with zero attached hydrogens (tertiary/aromatic N) is 6. The van der Waals surface area contributed by atoms with Gasteiger partial charge in [0.2, 0.25) is 0 Å². The lowest BCUT2D eigenvalue weighted by atomic mass is 10.2. The topological polar surface area (TPSA) is 90.0 Å². The minimum Gasteiger partial charge on any atom is -0.348 e. The van der Waals surface area contributed by atoms with Gasteiger partial charge in [-0.25, -0.2) is 9.97 Å².